The van der Waals surface area contributed by atoms with Crippen molar-refractivity contribution in [3.8, 4) is 6.07 Å². The summed E-state index contributed by atoms with van der Waals surface area (Å²) in [6, 6.07) is 15.5. The van der Waals surface area contributed by atoms with Crippen molar-refractivity contribution in [2.75, 3.05) is 42.6 Å². The molecule has 146 valence electrons. The van der Waals surface area contributed by atoms with Gasteiger partial charge in [-0.25, -0.2) is 14.8 Å². The number of carbonyl (C=O) groups excluding carboxylic acids is 1. The fourth-order valence-electron chi connectivity index (χ4n) is 3.56. The van der Waals surface area contributed by atoms with Gasteiger partial charge in [-0.1, -0.05) is 18.2 Å². The average Bonchev–Trinajstić information content (AvgIpc) is 2.78. The molecule has 4 rings (SSSR count). The number of carbonyl (C=O) groups is 1. The highest BCUT2D eigenvalue weighted by Gasteiger charge is 2.21. The minimum absolute atomic E-state index is 0.347. The summed E-state index contributed by atoms with van der Waals surface area (Å²) in [7, 11) is 0. The van der Waals surface area contributed by atoms with Gasteiger partial charge in [-0.15, -0.1) is 0 Å². The zero-order valence-corrected chi connectivity index (χ0v) is 16.2. The van der Waals surface area contributed by atoms with E-state index in [9.17, 15) is 10.1 Å². The SMILES string of the molecule is CCOC(=O)c1ccc(N2CCN(c3cc(C#N)nc4ccccc34)CC2)nc1. The third-order valence-electron chi connectivity index (χ3n) is 5.01. The Balaban J connectivity index is 1.50. The number of fused-ring (bicyclic) bond motifs is 1. The second-order valence-corrected chi connectivity index (χ2v) is 6.76. The predicted octanol–water partition coefficient (Wildman–Crippen LogP) is 3.00. The Morgan fingerprint density at radius 1 is 1.14 bits per heavy atom. The molecule has 29 heavy (non-hydrogen) atoms. The lowest BCUT2D eigenvalue weighted by Crippen LogP contribution is -2.47. The third kappa shape index (κ3) is 3.83. The molecule has 3 aromatic rings. The quantitative estimate of drug-likeness (QED) is 0.637. The van der Waals surface area contributed by atoms with Crippen molar-refractivity contribution < 1.29 is 9.53 Å². The van der Waals surface area contributed by atoms with Crippen molar-refractivity contribution in [2.45, 2.75) is 6.92 Å². The molecular weight excluding hydrogens is 366 g/mol. The molecule has 1 fully saturated rings. The molecular formula is C22H21N5O2. The van der Waals surface area contributed by atoms with E-state index in [2.05, 4.69) is 25.8 Å². The summed E-state index contributed by atoms with van der Waals surface area (Å²) in [6.45, 7) is 5.33. The normalized spacial score (nSPS) is 13.9. The van der Waals surface area contributed by atoms with Gasteiger partial charge in [-0.2, -0.15) is 5.26 Å². The summed E-state index contributed by atoms with van der Waals surface area (Å²) in [5, 5.41) is 10.4. The third-order valence-corrected chi connectivity index (χ3v) is 5.01. The van der Waals surface area contributed by atoms with Crippen molar-refractivity contribution in [3.05, 3.63) is 59.9 Å². The molecule has 0 radical (unpaired) electrons. The second kappa shape index (κ2) is 8.15. The number of para-hydroxylation sites is 1. The number of pyridine rings is 2. The molecule has 0 spiro atoms. The highest BCUT2D eigenvalue weighted by atomic mass is 16.5. The van der Waals surface area contributed by atoms with Gasteiger partial charge in [0, 0.05) is 43.4 Å². The lowest BCUT2D eigenvalue weighted by Gasteiger charge is -2.37. The second-order valence-electron chi connectivity index (χ2n) is 6.76. The summed E-state index contributed by atoms with van der Waals surface area (Å²) >= 11 is 0. The van der Waals surface area contributed by atoms with E-state index in [1.165, 1.54) is 0 Å². The van der Waals surface area contributed by atoms with Crippen LogP contribution in [0.5, 0.6) is 0 Å². The van der Waals surface area contributed by atoms with Crippen molar-refractivity contribution in [3.63, 3.8) is 0 Å². The Labute approximate surface area is 169 Å². The molecule has 1 aliphatic heterocycles. The summed E-state index contributed by atoms with van der Waals surface area (Å²) in [6.07, 6.45) is 1.56. The number of hydrogen-bond donors (Lipinski definition) is 0. The van der Waals surface area contributed by atoms with Crippen molar-refractivity contribution in [1.82, 2.24) is 9.97 Å². The monoisotopic (exact) mass is 387 g/mol. The van der Waals surface area contributed by atoms with Crippen LogP contribution in [0.4, 0.5) is 11.5 Å². The van der Waals surface area contributed by atoms with E-state index in [4.69, 9.17) is 4.74 Å². The number of piperazine rings is 1. The van der Waals surface area contributed by atoms with Crippen LogP contribution in [0.15, 0.2) is 48.7 Å². The van der Waals surface area contributed by atoms with E-state index in [-0.39, 0.29) is 5.97 Å². The zero-order chi connectivity index (χ0) is 20.2. The van der Waals surface area contributed by atoms with Crippen LogP contribution in [0.2, 0.25) is 0 Å². The predicted molar refractivity (Wildman–Crippen MR) is 111 cm³/mol. The molecule has 2 aromatic heterocycles. The lowest BCUT2D eigenvalue weighted by molar-refractivity contribution is 0.0526. The van der Waals surface area contributed by atoms with Gasteiger partial charge in [0.15, 0.2) is 0 Å². The number of nitriles is 1. The maximum atomic E-state index is 11.8. The van der Waals surface area contributed by atoms with Gasteiger partial charge in [-0.05, 0) is 31.2 Å². The van der Waals surface area contributed by atoms with E-state index in [1.54, 1.807) is 19.2 Å². The van der Waals surface area contributed by atoms with E-state index < -0.39 is 0 Å². The van der Waals surface area contributed by atoms with Gasteiger partial charge in [0.2, 0.25) is 0 Å². The first-order valence-corrected chi connectivity index (χ1v) is 9.62. The number of hydrogen-bond acceptors (Lipinski definition) is 7. The van der Waals surface area contributed by atoms with E-state index in [0.717, 1.165) is 48.6 Å². The fraction of sp³-hybridized carbons (Fsp3) is 0.273. The Bertz CT molecular complexity index is 1070. The topological polar surface area (TPSA) is 82.4 Å². The van der Waals surface area contributed by atoms with Crippen LogP contribution in [0, 0.1) is 11.3 Å². The molecule has 1 saturated heterocycles. The molecule has 0 bridgehead atoms. The molecule has 7 heteroatoms. The Morgan fingerprint density at radius 3 is 2.59 bits per heavy atom. The number of ether oxygens (including phenoxy) is 1. The standard InChI is InChI=1S/C22H21N5O2/c1-2-29-22(28)16-7-8-21(24-15-16)27-11-9-26(10-12-27)20-13-17(14-23)25-19-6-4-3-5-18(19)20/h3-8,13,15H,2,9-12H2,1H3. The van der Waals surface area contributed by atoms with Crippen molar-refractivity contribution in [2.24, 2.45) is 0 Å². The molecule has 7 nitrogen and oxygen atoms in total. The van der Waals surface area contributed by atoms with Gasteiger partial charge >= 0.3 is 5.97 Å². The van der Waals surface area contributed by atoms with E-state index >= 15 is 0 Å². The highest BCUT2D eigenvalue weighted by Crippen LogP contribution is 2.28. The number of rotatable bonds is 4. The molecule has 1 aliphatic rings. The van der Waals surface area contributed by atoms with Crippen molar-refractivity contribution >= 4 is 28.4 Å². The van der Waals surface area contributed by atoms with E-state index in [1.807, 2.05) is 36.4 Å². The Morgan fingerprint density at radius 2 is 1.90 bits per heavy atom. The summed E-state index contributed by atoms with van der Waals surface area (Å²) < 4.78 is 5.00. The maximum absolute atomic E-state index is 11.8. The minimum Gasteiger partial charge on any atom is -0.462 e. The highest BCUT2D eigenvalue weighted by molar-refractivity contribution is 5.92. The first-order chi connectivity index (χ1) is 14.2. The smallest absolute Gasteiger partial charge is 0.339 e. The number of anilines is 2. The van der Waals surface area contributed by atoms with Crippen LogP contribution in [0.1, 0.15) is 23.0 Å². The van der Waals surface area contributed by atoms with Crippen LogP contribution >= 0.6 is 0 Å². The lowest BCUT2D eigenvalue weighted by atomic mass is 10.1. The first-order valence-electron chi connectivity index (χ1n) is 9.62. The number of benzene rings is 1. The average molecular weight is 387 g/mol. The van der Waals surface area contributed by atoms with Gasteiger partial charge in [0.1, 0.15) is 17.6 Å². The number of aromatic nitrogens is 2. The molecule has 0 saturated carbocycles. The van der Waals surface area contributed by atoms with Gasteiger partial charge in [-0.3, -0.25) is 0 Å². The van der Waals surface area contributed by atoms with Crippen LogP contribution < -0.4 is 9.80 Å². The Kier molecular flexibility index (Phi) is 5.25. The molecule has 0 atom stereocenters. The van der Waals surface area contributed by atoms with Crippen LogP contribution in [0.25, 0.3) is 10.9 Å². The summed E-state index contributed by atoms with van der Waals surface area (Å²) in [5.74, 6) is 0.490. The van der Waals surface area contributed by atoms with Crippen LogP contribution in [0.3, 0.4) is 0 Å². The number of esters is 1. The number of nitrogens with zero attached hydrogens (tertiary/aromatic N) is 5. The van der Waals surface area contributed by atoms with Gasteiger partial charge in [0.05, 0.1) is 17.7 Å². The Hall–Kier alpha value is -3.66. The largest absolute Gasteiger partial charge is 0.462 e. The first kappa shape index (κ1) is 18.7. The van der Waals surface area contributed by atoms with Crippen LogP contribution in [-0.2, 0) is 4.74 Å². The fourth-order valence-corrected chi connectivity index (χ4v) is 3.56. The van der Waals surface area contributed by atoms with Gasteiger partial charge in [0.25, 0.3) is 0 Å². The van der Waals surface area contributed by atoms with Crippen LogP contribution in [-0.4, -0.2) is 48.7 Å². The summed E-state index contributed by atoms with van der Waals surface area (Å²) in [5.41, 5.74) is 2.76. The van der Waals surface area contributed by atoms with Gasteiger partial charge < -0.3 is 14.5 Å². The molecule has 0 aliphatic carbocycles. The zero-order valence-electron chi connectivity index (χ0n) is 16.2. The molecule has 0 amide bonds. The summed E-state index contributed by atoms with van der Waals surface area (Å²) in [4.78, 5) is 25.1. The van der Waals surface area contributed by atoms with Crippen molar-refractivity contribution in [1.29, 1.82) is 5.26 Å². The molecule has 1 aromatic carbocycles. The molecule has 0 unspecified atom stereocenters. The maximum Gasteiger partial charge on any atom is 0.339 e. The molecule has 0 N–H and O–H groups in total. The minimum atomic E-state index is -0.353. The molecule has 3 heterocycles. The van der Waals surface area contributed by atoms with E-state index in [0.29, 0.717) is 17.9 Å².